The van der Waals surface area contributed by atoms with Crippen LogP contribution in [0.2, 0.25) is 0 Å². The van der Waals surface area contributed by atoms with Gasteiger partial charge in [0.25, 0.3) is 0 Å². The maximum Gasteiger partial charge on any atom is 0.336 e. The summed E-state index contributed by atoms with van der Waals surface area (Å²) in [6.07, 6.45) is 12.1. The molecule has 0 radical (unpaired) electrons. The van der Waals surface area contributed by atoms with E-state index in [9.17, 15) is 29.7 Å². The summed E-state index contributed by atoms with van der Waals surface area (Å²) in [5, 5.41) is 32.9. The van der Waals surface area contributed by atoms with Gasteiger partial charge in [0.2, 0.25) is 0 Å². The van der Waals surface area contributed by atoms with Gasteiger partial charge in [-0.3, -0.25) is 0 Å². The fourth-order valence-corrected chi connectivity index (χ4v) is 8.16. The molecule has 9 heteroatoms. The molecule has 0 aliphatic heterocycles. The van der Waals surface area contributed by atoms with E-state index < -0.39 is 17.1 Å². The summed E-state index contributed by atoms with van der Waals surface area (Å²) < 4.78 is 3.31. The highest BCUT2D eigenvalue weighted by Crippen LogP contribution is 2.38. The van der Waals surface area contributed by atoms with E-state index in [4.69, 9.17) is 0 Å². The Kier molecular flexibility index (Phi) is 15.3. The normalized spacial score (nSPS) is 12.4. The first-order valence-electron chi connectivity index (χ1n) is 21.3. The molecule has 4 rings (SSSR count). The van der Waals surface area contributed by atoms with Crippen LogP contribution in [-0.4, -0.2) is 29.0 Å². The highest BCUT2D eigenvalue weighted by atomic mass is 16.3. The van der Waals surface area contributed by atoms with Gasteiger partial charge in [-0.25, -0.2) is 28.1 Å². The van der Waals surface area contributed by atoms with Crippen LogP contribution >= 0.6 is 0 Å². The molecule has 0 atom stereocenters. The van der Waals surface area contributed by atoms with Gasteiger partial charge in [0, 0.05) is 0 Å². The summed E-state index contributed by atoms with van der Waals surface area (Å²) in [5.41, 5.74) is 0.951. The fourth-order valence-electron chi connectivity index (χ4n) is 8.16. The number of nitrogens with zero attached hydrogens (tertiary/aromatic N) is 3. The van der Waals surface area contributed by atoms with Crippen molar-refractivity contribution >= 4 is 0 Å². The molecule has 3 aromatic carbocycles. The van der Waals surface area contributed by atoms with Crippen molar-refractivity contribution < 1.29 is 15.3 Å². The summed E-state index contributed by atoms with van der Waals surface area (Å²) >= 11 is 0. The lowest BCUT2D eigenvalue weighted by Gasteiger charge is -2.27. The van der Waals surface area contributed by atoms with E-state index in [2.05, 4.69) is 62.3 Å². The van der Waals surface area contributed by atoms with Crippen molar-refractivity contribution in [3.8, 4) is 17.2 Å². The lowest BCUT2D eigenvalue weighted by atomic mass is 9.79. The Bertz CT molecular complexity index is 1880. The van der Waals surface area contributed by atoms with Gasteiger partial charge in [-0.05, 0) is 105 Å². The average molecular weight is 784 g/mol. The van der Waals surface area contributed by atoms with E-state index >= 15 is 0 Å². The molecule has 3 N–H and O–H groups in total. The molecular formula is C48H69N3O6. The number of phenols is 3. The van der Waals surface area contributed by atoms with Crippen LogP contribution < -0.4 is 17.1 Å². The second-order valence-corrected chi connectivity index (χ2v) is 18.2. The van der Waals surface area contributed by atoms with E-state index in [0.29, 0.717) is 16.7 Å². The molecule has 0 unspecified atom stereocenters. The highest BCUT2D eigenvalue weighted by molar-refractivity contribution is 5.43. The second-order valence-electron chi connectivity index (χ2n) is 18.2. The Balaban J connectivity index is 1.87. The van der Waals surface area contributed by atoms with Gasteiger partial charge < -0.3 is 15.3 Å². The lowest BCUT2D eigenvalue weighted by Crippen LogP contribution is -2.54. The van der Waals surface area contributed by atoms with Gasteiger partial charge in [0.15, 0.2) is 0 Å². The quantitative estimate of drug-likeness (QED) is 0.0723. The molecular weight excluding hydrogens is 715 g/mol. The van der Waals surface area contributed by atoms with Crippen LogP contribution in [0.15, 0.2) is 69.0 Å². The number of unbranched alkanes of at least 4 members (excludes halogenated alkanes) is 6. The largest absolute Gasteiger partial charge is 0.508 e. The SMILES string of the molecule is CCCCCC(C)(C)c1cc(Cn2c(=O)n(Cc3ccc(O)c(C(C)(C)CCCCC)c3)c(=O)n(Cc3ccc(O)c(C(C)(C)CCCCC)c3)c2=O)ccc1O. The lowest BCUT2D eigenvalue weighted by molar-refractivity contribution is 0.407. The number of aromatic nitrogens is 3. The van der Waals surface area contributed by atoms with Gasteiger partial charge in [0.1, 0.15) is 17.2 Å². The Morgan fingerprint density at radius 3 is 0.895 bits per heavy atom. The molecule has 312 valence electrons. The van der Waals surface area contributed by atoms with Gasteiger partial charge in [0.05, 0.1) is 19.6 Å². The minimum Gasteiger partial charge on any atom is -0.508 e. The molecule has 0 fully saturated rings. The van der Waals surface area contributed by atoms with Crippen molar-refractivity contribution in [2.24, 2.45) is 0 Å². The third-order valence-electron chi connectivity index (χ3n) is 12.0. The van der Waals surface area contributed by atoms with Gasteiger partial charge in [-0.2, -0.15) is 0 Å². The third kappa shape index (κ3) is 11.1. The topological polar surface area (TPSA) is 127 Å². The first-order chi connectivity index (χ1) is 26.9. The monoisotopic (exact) mass is 784 g/mol. The number of hydrogen-bond donors (Lipinski definition) is 3. The van der Waals surface area contributed by atoms with Gasteiger partial charge in [-0.15, -0.1) is 0 Å². The van der Waals surface area contributed by atoms with E-state index in [0.717, 1.165) is 107 Å². The maximum absolute atomic E-state index is 14.4. The van der Waals surface area contributed by atoms with Crippen molar-refractivity contribution in [3.63, 3.8) is 0 Å². The Morgan fingerprint density at radius 1 is 0.421 bits per heavy atom. The Hall–Kier alpha value is -4.53. The third-order valence-corrected chi connectivity index (χ3v) is 12.0. The number of aromatic hydroxyl groups is 3. The zero-order valence-electron chi connectivity index (χ0n) is 36.2. The highest BCUT2D eigenvalue weighted by Gasteiger charge is 2.27. The van der Waals surface area contributed by atoms with Crippen molar-refractivity contribution in [2.45, 2.75) is 175 Å². The molecule has 0 aliphatic carbocycles. The molecule has 0 amide bonds. The van der Waals surface area contributed by atoms with Crippen LogP contribution in [0.5, 0.6) is 17.2 Å². The van der Waals surface area contributed by atoms with Crippen molar-refractivity contribution in [1.82, 2.24) is 13.7 Å². The smallest absolute Gasteiger partial charge is 0.336 e. The summed E-state index contributed by atoms with van der Waals surface area (Å²) in [5.74, 6) is 0.490. The predicted molar refractivity (Wildman–Crippen MR) is 232 cm³/mol. The van der Waals surface area contributed by atoms with E-state index in [-0.39, 0.29) is 53.1 Å². The number of hydrogen-bond acceptors (Lipinski definition) is 6. The number of rotatable bonds is 21. The van der Waals surface area contributed by atoms with Crippen LogP contribution in [0.4, 0.5) is 0 Å². The first-order valence-corrected chi connectivity index (χ1v) is 21.3. The first kappa shape index (κ1) is 45.2. The summed E-state index contributed by atoms with van der Waals surface area (Å²) in [6, 6.07) is 15.6. The van der Waals surface area contributed by atoms with E-state index in [1.165, 1.54) is 0 Å². The Labute approximate surface area is 340 Å². The van der Waals surface area contributed by atoms with Crippen molar-refractivity contribution in [3.05, 3.63) is 119 Å². The minimum absolute atomic E-state index is 0.104. The summed E-state index contributed by atoms with van der Waals surface area (Å²) in [6.45, 7) is 18.7. The molecule has 1 aromatic heterocycles. The van der Waals surface area contributed by atoms with E-state index in [1.807, 2.05) is 18.2 Å². The van der Waals surface area contributed by atoms with Gasteiger partial charge in [-0.1, -0.05) is 138 Å². The van der Waals surface area contributed by atoms with Crippen LogP contribution in [0.25, 0.3) is 0 Å². The maximum atomic E-state index is 14.4. The van der Waals surface area contributed by atoms with E-state index in [1.54, 1.807) is 36.4 Å². The molecule has 0 aliphatic rings. The van der Waals surface area contributed by atoms with Crippen LogP contribution in [0.1, 0.15) is 173 Å². The molecule has 0 spiro atoms. The molecule has 0 saturated carbocycles. The van der Waals surface area contributed by atoms with Crippen LogP contribution in [0, 0.1) is 0 Å². The average Bonchev–Trinajstić information content (AvgIpc) is 3.15. The van der Waals surface area contributed by atoms with Crippen molar-refractivity contribution in [1.29, 1.82) is 0 Å². The number of phenolic OH excluding ortho intramolecular Hbond substituents is 3. The molecule has 4 aromatic rings. The molecule has 1 heterocycles. The number of benzene rings is 3. The summed E-state index contributed by atoms with van der Waals surface area (Å²) in [7, 11) is 0. The second kappa shape index (κ2) is 19.3. The minimum atomic E-state index is -0.738. The zero-order chi connectivity index (χ0) is 42.1. The summed E-state index contributed by atoms with van der Waals surface area (Å²) in [4.78, 5) is 43.2. The van der Waals surface area contributed by atoms with Crippen molar-refractivity contribution in [2.75, 3.05) is 0 Å². The zero-order valence-corrected chi connectivity index (χ0v) is 36.2. The Morgan fingerprint density at radius 2 is 0.667 bits per heavy atom. The van der Waals surface area contributed by atoms with Crippen LogP contribution in [-0.2, 0) is 35.9 Å². The fraction of sp³-hybridized carbons (Fsp3) is 0.562. The molecule has 9 nitrogen and oxygen atoms in total. The van der Waals surface area contributed by atoms with Gasteiger partial charge >= 0.3 is 17.1 Å². The molecule has 57 heavy (non-hydrogen) atoms. The molecule has 0 saturated heterocycles. The molecule has 0 bridgehead atoms. The predicted octanol–water partition coefficient (Wildman–Crippen LogP) is 10.0. The standard InChI is InChI=1S/C48H69N3O6/c1-10-13-16-25-46(4,5)37-28-34(19-22-40(37)52)31-49-43(55)50(32-35-20-23-41(53)38(29-35)47(6,7)26-17-14-11-2)45(57)51(44(49)56)33-36-21-24-42(54)39(30-36)48(8,9)27-18-15-12-3/h19-24,28-30,52-54H,10-18,25-27,31-33H2,1-9H3. The van der Waals surface area contributed by atoms with Crippen LogP contribution in [0.3, 0.4) is 0 Å².